The first kappa shape index (κ1) is 21.8. The summed E-state index contributed by atoms with van der Waals surface area (Å²) in [6.07, 6.45) is 12.3. The van der Waals surface area contributed by atoms with Gasteiger partial charge in [0.15, 0.2) is 0 Å². The fourth-order valence-corrected chi connectivity index (χ4v) is 6.28. The number of hydrogen-bond acceptors (Lipinski definition) is 0. The number of aryl methyl sites for hydroxylation is 1. The van der Waals surface area contributed by atoms with Crippen molar-refractivity contribution in [2.45, 2.75) is 64.7 Å². The molecule has 0 nitrogen and oxygen atoms in total. The Balaban J connectivity index is 1.63. The molecule has 0 radical (unpaired) electrons. The number of hydrogen-bond donors (Lipinski definition) is 0. The molecule has 29 heavy (non-hydrogen) atoms. The van der Waals surface area contributed by atoms with Gasteiger partial charge in [-0.1, -0.05) is 137 Å². The van der Waals surface area contributed by atoms with Crippen LogP contribution in [0.2, 0.25) is 0 Å². The van der Waals surface area contributed by atoms with Gasteiger partial charge in [-0.3, -0.25) is 0 Å². The Labute approximate surface area is 179 Å². The molecule has 3 aromatic rings. The zero-order valence-electron chi connectivity index (χ0n) is 17.9. The third-order valence-electron chi connectivity index (χ3n) is 5.52. The van der Waals surface area contributed by atoms with E-state index in [1.807, 2.05) is 0 Å². The van der Waals surface area contributed by atoms with Crippen LogP contribution in [0, 0.1) is 0 Å². The molecule has 0 atom stereocenters. The molecule has 0 fully saturated rings. The van der Waals surface area contributed by atoms with Gasteiger partial charge in [0.1, 0.15) is 0 Å². The summed E-state index contributed by atoms with van der Waals surface area (Å²) in [5.74, 6) is 0. The molecule has 3 aromatic carbocycles. The van der Waals surface area contributed by atoms with Crippen molar-refractivity contribution in [1.29, 1.82) is 0 Å². The van der Waals surface area contributed by atoms with Crippen LogP contribution in [0.25, 0.3) is 0 Å². The zero-order valence-corrected chi connectivity index (χ0v) is 18.8. The molecule has 0 saturated heterocycles. The maximum atomic E-state index is 2.47. The van der Waals surface area contributed by atoms with E-state index in [4.69, 9.17) is 0 Å². The van der Waals surface area contributed by atoms with Crippen molar-refractivity contribution >= 4 is 23.8 Å². The molecule has 152 valence electrons. The Morgan fingerprint density at radius 2 is 1.03 bits per heavy atom. The van der Waals surface area contributed by atoms with E-state index in [2.05, 4.69) is 91.9 Å². The predicted molar refractivity (Wildman–Crippen MR) is 131 cm³/mol. The molecule has 0 aromatic heterocycles. The fourth-order valence-electron chi connectivity index (χ4n) is 3.92. The van der Waals surface area contributed by atoms with Gasteiger partial charge in [-0.25, -0.2) is 0 Å². The minimum atomic E-state index is -0.493. The number of unbranched alkanes of at least 4 members (excludes halogenated alkanes) is 7. The van der Waals surface area contributed by atoms with Crippen LogP contribution in [0.15, 0.2) is 84.9 Å². The standard InChI is InChI=1S/C28H35P/c1-2-3-4-5-6-7-8-11-17-25-18-16-23-28(24-25)29(26-19-12-9-13-20-26)27-21-14-10-15-22-27/h9-10,12-16,18-24H,2-8,11,17H2,1H3. The highest BCUT2D eigenvalue weighted by atomic mass is 31.1. The summed E-state index contributed by atoms with van der Waals surface area (Å²) >= 11 is 0. The highest BCUT2D eigenvalue weighted by Crippen LogP contribution is 2.32. The molecule has 0 N–H and O–H groups in total. The van der Waals surface area contributed by atoms with Gasteiger partial charge in [0.25, 0.3) is 0 Å². The molecule has 0 bridgehead atoms. The molecular formula is C28H35P. The van der Waals surface area contributed by atoms with E-state index in [-0.39, 0.29) is 0 Å². The zero-order chi connectivity index (χ0) is 20.2. The van der Waals surface area contributed by atoms with E-state index >= 15 is 0 Å². The van der Waals surface area contributed by atoms with Crippen LogP contribution in [0.1, 0.15) is 63.9 Å². The maximum absolute atomic E-state index is 2.47. The van der Waals surface area contributed by atoms with Crippen molar-refractivity contribution in [3.8, 4) is 0 Å². The van der Waals surface area contributed by atoms with Crippen LogP contribution in [-0.4, -0.2) is 0 Å². The normalized spacial score (nSPS) is 11.1. The maximum Gasteiger partial charge on any atom is -0.0134 e. The first-order valence-electron chi connectivity index (χ1n) is 11.4. The monoisotopic (exact) mass is 402 g/mol. The van der Waals surface area contributed by atoms with Crippen molar-refractivity contribution in [2.75, 3.05) is 0 Å². The van der Waals surface area contributed by atoms with Crippen LogP contribution in [0.5, 0.6) is 0 Å². The number of rotatable bonds is 12. The van der Waals surface area contributed by atoms with E-state index in [0.29, 0.717) is 0 Å². The Morgan fingerprint density at radius 1 is 0.517 bits per heavy atom. The number of benzene rings is 3. The van der Waals surface area contributed by atoms with Gasteiger partial charge in [-0.15, -0.1) is 0 Å². The topological polar surface area (TPSA) is 0 Å². The highest BCUT2D eigenvalue weighted by molar-refractivity contribution is 7.79. The molecule has 0 aliphatic rings. The lowest BCUT2D eigenvalue weighted by atomic mass is 10.0. The summed E-state index contributed by atoms with van der Waals surface area (Å²) in [4.78, 5) is 0. The lowest BCUT2D eigenvalue weighted by Gasteiger charge is -2.20. The lowest BCUT2D eigenvalue weighted by Crippen LogP contribution is -2.20. The average Bonchev–Trinajstić information content (AvgIpc) is 2.78. The lowest BCUT2D eigenvalue weighted by molar-refractivity contribution is 0.575. The minimum absolute atomic E-state index is 0.493. The van der Waals surface area contributed by atoms with Gasteiger partial charge in [0, 0.05) is 0 Å². The fraction of sp³-hybridized carbons (Fsp3) is 0.357. The van der Waals surface area contributed by atoms with Crippen molar-refractivity contribution in [3.63, 3.8) is 0 Å². The van der Waals surface area contributed by atoms with E-state index in [1.165, 1.54) is 79.3 Å². The molecule has 3 rings (SSSR count). The van der Waals surface area contributed by atoms with Crippen molar-refractivity contribution in [3.05, 3.63) is 90.5 Å². The molecule has 0 aliphatic heterocycles. The molecule has 0 spiro atoms. The van der Waals surface area contributed by atoms with E-state index in [0.717, 1.165) is 0 Å². The first-order valence-corrected chi connectivity index (χ1v) is 12.7. The quantitative estimate of drug-likeness (QED) is 0.223. The third-order valence-corrected chi connectivity index (χ3v) is 7.94. The second kappa shape index (κ2) is 12.6. The molecule has 0 amide bonds. The Hall–Kier alpha value is -1.91. The van der Waals surface area contributed by atoms with Gasteiger partial charge in [-0.2, -0.15) is 0 Å². The van der Waals surface area contributed by atoms with Gasteiger partial charge < -0.3 is 0 Å². The summed E-state index contributed by atoms with van der Waals surface area (Å²) in [6.45, 7) is 2.29. The third kappa shape index (κ3) is 7.13. The van der Waals surface area contributed by atoms with Gasteiger partial charge in [-0.05, 0) is 42.2 Å². The van der Waals surface area contributed by atoms with Crippen LogP contribution >= 0.6 is 7.92 Å². The van der Waals surface area contributed by atoms with Gasteiger partial charge in [0.2, 0.25) is 0 Å². The summed E-state index contributed by atoms with van der Waals surface area (Å²) in [7, 11) is -0.493. The smallest absolute Gasteiger partial charge is 0.0134 e. The Morgan fingerprint density at radius 3 is 1.62 bits per heavy atom. The highest BCUT2D eigenvalue weighted by Gasteiger charge is 2.16. The SMILES string of the molecule is CCCCCCCCCCc1cccc(P(c2ccccc2)c2ccccc2)c1. The van der Waals surface area contributed by atoms with Crippen LogP contribution in [0.3, 0.4) is 0 Å². The largest absolute Gasteiger partial charge is 0.0654 e. The molecule has 0 heterocycles. The van der Waals surface area contributed by atoms with Crippen LogP contribution in [-0.2, 0) is 6.42 Å². The molecule has 1 heteroatoms. The second-order valence-corrected chi connectivity index (χ2v) is 10.1. The van der Waals surface area contributed by atoms with Crippen LogP contribution in [0.4, 0.5) is 0 Å². The second-order valence-electron chi connectivity index (χ2n) is 7.90. The van der Waals surface area contributed by atoms with Gasteiger partial charge >= 0.3 is 0 Å². The summed E-state index contributed by atoms with van der Waals surface area (Å²) in [6, 6.07) is 31.4. The summed E-state index contributed by atoms with van der Waals surface area (Å²) < 4.78 is 0. The molecule has 0 aliphatic carbocycles. The molecule has 0 saturated carbocycles. The van der Waals surface area contributed by atoms with Gasteiger partial charge in [0.05, 0.1) is 0 Å². The Bertz CT molecular complexity index is 770. The van der Waals surface area contributed by atoms with Crippen molar-refractivity contribution < 1.29 is 0 Å². The molecule has 0 unspecified atom stereocenters. The predicted octanol–water partition coefficient (Wildman–Crippen LogP) is 7.13. The minimum Gasteiger partial charge on any atom is -0.0654 e. The van der Waals surface area contributed by atoms with E-state index in [9.17, 15) is 0 Å². The van der Waals surface area contributed by atoms with Crippen molar-refractivity contribution in [1.82, 2.24) is 0 Å². The van der Waals surface area contributed by atoms with E-state index in [1.54, 1.807) is 0 Å². The summed E-state index contributed by atoms with van der Waals surface area (Å²) in [5, 5.41) is 4.32. The first-order chi connectivity index (χ1) is 14.4. The van der Waals surface area contributed by atoms with E-state index < -0.39 is 7.92 Å². The Kier molecular flexibility index (Phi) is 9.47. The average molecular weight is 403 g/mol. The molecular weight excluding hydrogens is 367 g/mol. The van der Waals surface area contributed by atoms with Crippen molar-refractivity contribution in [2.24, 2.45) is 0 Å². The summed E-state index contributed by atoms with van der Waals surface area (Å²) in [5.41, 5.74) is 1.49. The van der Waals surface area contributed by atoms with Crippen LogP contribution < -0.4 is 15.9 Å².